The van der Waals surface area contributed by atoms with Crippen LogP contribution in [0.15, 0.2) is 46.6 Å². The molecule has 1 aromatic carbocycles. The SMILES string of the molecule is Cc1ccc(C(CN2CCOCC2)NCc2nc3scc(-c4ccc(C)s4)c3c(=O)[nH]2)cc1. The molecule has 1 saturated heterocycles. The van der Waals surface area contributed by atoms with E-state index in [2.05, 4.69) is 65.4 Å². The summed E-state index contributed by atoms with van der Waals surface area (Å²) in [6, 6.07) is 13.0. The number of hydrogen-bond donors (Lipinski definition) is 2. The van der Waals surface area contributed by atoms with Crippen molar-refractivity contribution in [3.05, 3.63) is 74.0 Å². The van der Waals surface area contributed by atoms with Crippen LogP contribution in [-0.2, 0) is 11.3 Å². The quantitative estimate of drug-likeness (QED) is 0.408. The van der Waals surface area contributed by atoms with E-state index >= 15 is 0 Å². The number of H-pyrrole nitrogens is 1. The van der Waals surface area contributed by atoms with E-state index in [9.17, 15) is 4.79 Å². The Morgan fingerprint density at radius 1 is 1.15 bits per heavy atom. The van der Waals surface area contributed by atoms with E-state index in [0.717, 1.165) is 48.1 Å². The van der Waals surface area contributed by atoms with Gasteiger partial charge in [-0.05, 0) is 31.5 Å². The number of ether oxygens (including phenoxy) is 1. The number of aromatic amines is 1. The fourth-order valence-corrected chi connectivity index (χ4v) is 6.11. The lowest BCUT2D eigenvalue weighted by Gasteiger charge is -2.31. The van der Waals surface area contributed by atoms with E-state index in [4.69, 9.17) is 9.72 Å². The molecule has 33 heavy (non-hydrogen) atoms. The molecule has 1 aliphatic rings. The zero-order valence-corrected chi connectivity index (χ0v) is 20.5. The minimum Gasteiger partial charge on any atom is -0.379 e. The number of thiophene rings is 2. The molecule has 8 heteroatoms. The first-order chi connectivity index (χ1) is 16.1. The van der Waals surface area contributed by atoms with Gasteiger partial charge in [-0.1, -0.05) is 29.8 Å². The highest BCUT2D eigenvalue weighted by atomic mass is 32.1. The van der Waals surface area contributed by atoms with E-state index in [1.165, 1.54) is 27.3 Å². The number of fused-ring (bicyclic) bond motifs is 1. The predicted octanol–water partition coefficient (Wildman–Crippen LogP) is 4.49. The fourth-order valence-electron chi connectivity index (χ4n) is 4.19. The highest BCUT2D eigenvalue weighted by Gasteiger charge is 2.19. The van der Waals surface area contributed by atoms with Crippen LogP contribution in [0.3, 0.4) is 0 Å². The first-order valence-corrected chi connectivity index (χ1v) is 12.9. The van der Waals surface area contributed by atoms with Crippen molar-refractivity contribution in [2.75, 3.05) is 32.8 Å². The number of aryl methyl sites for hydroxylation is 2. The maximum absolute atomic E-state index is 13.0. The summed E-state index contributed by atoms with van der Waals surface area (Å²) in [5.74, 6) is 0.669. The molecule has 2 N–H and O–H groups in total. The third-order valence-corrected chi connectivity index (χ3v) is 7.95. The van der Waals surface area contributed by atoms with Crippen LogP contribution in [0.2, 0.25) is 0 Å². The van der Waals surface area contributed by atoms with Gasteiger partial charge in [0, 0.05) is 46.4 Å². The molecule has 3 aromatic heterocycles. The largest absolute Gasteiger partial charge is 0.379 e. The second kappa shape index (κ2) is 9.87. The van der Waals surface area contributed by atoms with Gasteiger partial charge in [0.15, 0.2) is 0 Å². The molecule has 0 radical (unpaired) electrons. The third-order valence-electron chi connectivity index (χ3n) is 6.04. The number of benzene rings is 1. The van der Waals surface area contributed by atoms with Gasteiger partial charge in [0.05, 0.1) is 25.1 Å². The van der Waals surface area contributed by atoms with Gasteiger partial charge < -0.3 is 15.0 Å². The number of rotatable bonds is 7. The average Bonchev–Trinajstić information content (AvgIpc) is 3.44. The van der Waals surface area contributed by atoms with Crippen LogP contribution in [0.25, 0.3) is 20.7 Å². The predicted molar refractivity (Wildman–Crippen MR) is 136 cm³/mol. The Bertz CT molecular complexity index is 1290. The van der Waals surface area contributed by atoms with Crippen LogP contribution >= 0.6 is 22.7 Å². The maximum Gasteiger partial charge on any atom is 0.260 e. The zero-order valence-electron chi connectivity index (χ0n) is 18.9. The highest BCUT2D eigenvalue weighted by Crippen LogP contribution is 2.35. The number of hydrogen-bond acceptors (Lipinski definition) is 7. The molecule has 5 rings (SSSR count). The number of aromatic nitrogens is 2. The lowest BCUT2D eigenvalue weighted by Crippen LogP contribution is -2.42. The minimum absolute atomic E-state index is 0.0702. The van der Waals surface area contributed by atoms with Crippen LogP contribution in [0.1, 0.15) is 27.9 Å². The topological polar surface area (TPSA) is 70.2 Å². The van der Waals surface area contributed by atoms with Gasteiger partial charge in [-0.3, -0.25) is 9.69 Å². The molecule has 1 aliphatic heterocycles. The Hall–Kier alpha value is -2.36. The summed E-state index contributed by atoms with van der Waals surface area (Å²) in [6.07, 6.45) is 0. The molecule has 4 aromatic rings. The van der Waals surface area contributed by atoms with Gasteiger partial charge in [0.1, 0.15) is 10.7 Å². The van der Waals surface area contributed by atoms with E-state index < -0.39 is 0 Å². The van der Waals surface area contributed by atoms with E-state index in [0.29, 0.717) is 17.8 Å². The van der Waals surface area contributed by atoms with Crippen molar-refractivity contribution >= 4 is 32.9 Å². The van der Waals surface area contributed by atoms with Gasteiger partial charge >= 0.3 is 0 Å². The number of nitrogens with zero attached hydrogens (tertiary/aromatic N) is 2. The number of nitrogens with one attached hydrogen (secondary N) is 2. The summed E-state index contributed by atoms with van der Waals surface area (Å²) >= 11 is 3.24. The molecule has 1 unspecified atom stereocenters. The summed E-state index contributed by atoms with van der Waals surface area (Å²) in [4.78, 5) is 26.4. The molecule has 1 atom stereocenters. The second-order valence-electron chi connectivity index (χ2n) is 8.51. The summed E-state index contributed by atoms with van der Waals surface area (Å²) < 4.78 is 5.51. The van der Waals surface area contributed by atoms with Crippen LogP contribution < -0.4 is 10.9 Å². The molecular formula is C25H28N4O2S2. The summed E-state index contributed by atoms with van der Waals surface area (Å²) in [7, 11) is 0. The average molecular weight is 481 g/mol. The molecule has 0 spiro atoms. The van der Waals surface area contributed by atoms with Crippen molar-refractivity contribution in [1.82, 2.24) is 20.2 Å². The van der Waals surface area contributed by atoms with E-state index in [1.54, 1.807) is 11.3 Å². The Morgan fingerprint density at radius 3 is 2.67 bits per heavy atom. The molecule has 4 heterocycles. The summed E-state index contributed by atoms with van der Waals surface area (Å²) in [5.41, 5.74) is 3.39. The number of morpholine rings is 1. The molecule has 172 valence electrons. The normalized spacial score (nSPS) is 15.8. The van der Waals surface area contributed by atoms with Gasteiger partial charge in [0.25, 0.3) is 5.56 Å². The molecule has 6 nitrogen and oxygen atoms in total. The van der Waals surface area contributed by atoms with Crippen LogP contribution in [0.5, 0.6) is 0 Å². The molecule has 0 amide bonds. The minimum atomic E-state index is -0.0702. The van der Waals surface area contributed by atoms with Crippen molar-refractivity contribution in [3.63, 3.8) is 0 Å². The van der Waals surface area contributed by atoms with Gasteiger partial charge in [0.2, 0.25) is 0 Å². The van der Waals surface area contributed by atoms with Crippen LogP contribution in [0, 0.1) is 13.8 Å². The van der Waals surface area contributed by atoms with Crippen molar-refractivity contribution in [2.24, 2.45) is 0 Å². The van der Waals surface area contributed by atoms with Gasteiger partial charge in [-0.25, -0.2) is 4.98 Å². The first-order valence-electron chi connectivity index (χ1n) is 11.2. The summed E-state index contributed by atoms with van der Waals surface area (Å²) in [5, 5.41) is 6.38. The second-order valence-corrected chi connectivity index (χ2v) is 10.7. The lowest BCUT2D eigenvalue weighted by molar-refractivity contribution is 0.0333. The van der Waals surface area contributed by atoms with E-state index in [-0.39, 0.29) is 11.6 Å². The molecule has 0 bridgehead atoms. The zero-order chi connectivity index (χ0) is 22.8. The Labute approximate surface area is 201 Å². The van der Waals surface area contributed by atoms with Crippen molar-refractivity contribution in [1.29, 1.82) is 0 Å². The standard InChI is InChI=1S/C25H28N4O2S2/c1-16-3-6-18(7-4-16)20(14-29-9-11-31-12-10-29)26-13-22-27-24(30)23-19(15-32-25(23)28-22)21-8-5-17(2)33-21/h3-8,15,20,26H,9-14H2,1-2H3,(H,27,28,30). The third kappa shape index (κ3) is 5.10. The lowest BCUT2D eigenvalue weighted by atomic mass is 10.0. The molecular weight excluding hydrogens is 452 g/mol. The molecule has 0 saturated carbocycles. The first kappa shape index (κ1) is 22.4. The van der Waals surface area contributed by atoms with Crippen molar-refractivity contribution in [2.45, 2.75) is 26.4 Å². The Morgan fingerprint density at radius 2 is 1.94 bits per heavy atom. The van der Waals surface area contributed by atoms with Crippen LogP contribution in [0.4, 0.5) is 0 Å². The summed E-state index contributed by atoms with van der Waals surface area (Å²) in [6.45, 7) is 8.99. The smallest absolute Gasteiger partial charge is 0.260 e. The van der Waals surface area contributed by atoms with Crippen molar-refractivity contribution < 1.29 is 4.74 Å². The van der Waals surface area contributed by atoms with Gasteiger partial charge in [-0.15, -0.1) is 22.7 Å². The Balaban J connectivity index is 1.37. The monoisotopic (exact) mass is 480 g/mol. The van der Waals surface area contributed by atoms with E-state index in [1.807, 2.05) is 5.38 Å². The van der Waals surface area contributed by atoms with Gasteiger partial charge in [-0.2, -0.15) is 0 Å². The highest BCUT2D eigenvalue weighted by molar-refractivity contribution is 7.19. The maximum atomic E-state index is 13.0. The fraction of sp³-hybridized carbons (Fsp3) is 0.360. The Kier molecular flexibility index (Phi) is 6.71. The van der Waals surface area contributed by atoms with Crippen LogP contribution in [-0.4, -0.2) is 47.7 Å². The molecule has 1 fully saturated rings. The molecule has 0 aliphatic carbocycles. The van der Waals surface area contributed by atoms with Crippen molar-refractivity contribution in [3.8, 4) is 10.4 Å².